The number of anilines is 1. The molecule has 0 atom stereocenters. The Morgan fingerprint density at radius 1 is 1.30 bits per heavy atom. The lowest BCUT2D eigenvalue weighted by Gasteiger charge is -2.26. The number of nitriles is 1. The zero-order chi connectivity index (χ0) is 16.9. The molecule has 1 aromatic rings. The fourth-order valence-electron chi connectivity index (χ4n) is 2.49. The summed E-state index contributed by atoms with van der Waals surface area (Å²) in [6.45, 7) is 8.46. The van der Waals surface area contributed by atoms with E-state index in [1.165, 1.54) is 6.20 Å². The second-order valence-corrected chi connectivity index (χ2v) is 6.51. The Hall–Kier alpha value is -2.32. The van der Waals surface area contributed by atoms with Crippen LogP contribution in [0.25, 0.3) is 0 Å². The van der Waals surface area contributed by atoms with Crippen molar-refractivity contribution in [2.45, 2.75) is 26.2 Å². The molecule has 0 radical (unpaired) electrons. The van der Waals surface area contributed by atoms with E-state index in [1.807, 2.05) is 30.3 Å². The summed E-state index contributed by atoms with van der Waals surface area (Å²) in [7, 11) is 0. The zero-order valence-electron chi connectivity index (χ0n) is 13.9. The van der Waals surface area contributed by atoms with E-state index in [9.17, 15) is 10.1 Å². The van der Waals surface area contributed by atoms with E-state index >= 15 is 0 Å². The Morgan fingerprint density at radius 2 is 1.96 bits per heavy atom. The van der Waals surface area contributed by atoms with Gasteiger partial charge in [-0.3, -0.25) is 4.79 Å². The number of nitrogens with one attached hydrogen (secondary N) is 1. The fourth-order valence-corrected chi connectivity index (χ4v) is 2.49. The van der Waals surface area contributed by atoms with Crippen molar-refractivity contribution in [3.05, 3.63) is 41.6 Å². The molecule has 1 amide bonds. The number of nitrogens with zero attached hydrogens (tertiary/aromatic N) is 2. The average Bonchev–Trinajstić information content (AvgIpc) is 2.55. The highest BCUT2D eigenvalue weighted by molar-refractivity contribution is 5.97. The quantitative estimate of drug-likeness (QED) is 0.688. The van der Waals surface area contributed by atoms with Gasteiger partial charge in [-0.2, -0.15) is 5.26 Å². The molecular formula is C18H23N3O2. The van der Waals surface area contributed by atoms with Crippen molar-refractivity contribution in [2.24, 2.45) is 0 Å². The highest BCUT2D eigenvalue weighted by Gasteiger charge is 2.21. The van der Waals surface area contributed by atoms with Gasteiger partial charge in [0.1, 0.15) is 11.6 Å². The highest BCUT2D eigenvalue weighted by atomic mass is 16.5. The molecule has 122 valence electrons. The standard InChI is InChI=1S/C18H23N3O2/c1-18(2,3)15-6-4-5-7-16(15)20-13-14(12-19)17(22)21-8-10-23-11-9-21/h4-7,13,20H,8-11H2,1-3H3/b14-13-. The number of carbonyl (C=O) groups is 1. The Kier molecular flexibility index (Phi) is 5.41. The molecule has 1 heterocycles. The summed E-state index contributed by atoms with van der Waals surface area (Å²) >= 11 is 0. The topological polar surface area (TPSA) is 65.4 Å². The van der Waals surface area contributed by atoms with Crippen LogP contribution in [0, 0.1) is 11.3 Å². The molecule has 1 aromatic carbocycles. The number of rotatable bonds is 3. The summed E-state index contributed by atoms with van der Waals surface area (Å²) in [6, 6.07) is 9.91. The molecule has 1 fully saturated rings. The lowest BCUT2D eigenvalue weighted by Crippen LogP contribution is -2.41. The molecule has 0 bridgehead atoms. The third kappa shape index (κ3) is 4.33. The molecule has 23 heavy (non-hydrogen) atoms. The minimum absolute atomic E-state index is 0.0293. The van der Waals surface area contributed by atoms with Gasteiger partial charge in [-0.1, -0.05) is 39.0 Å². The van der Waals surface area contributed by atoms with Crippen LogP contribution < -0.4 is 5.32 Å². The van der Waals surface area contributed by atoms with Crippen LogP contribution in [0.3, 0.4) is 0 Å². The molecular weight excluding hydrogens is 290 g/mol. The van der Waals surface area contributed by atoms with Gasteiger partial charge < -0.3 is 15.0 Å². The van der Waals surface area contributed by atoms with E-state index < -0.39 is 0 Å². The number of amides is 1. The SMILES string of the molecule is CC(C)(C)c1ccccc1N/C=C(/C#N)C(=O)N1CCOCC1. The van der Waals surface area contributed by atoms with Crippen molar-refractivity contribution < 1.29 is 9.53 Å². The molecule has 5 heteroatoms. The van der Waals surface area contributed by atoms with Gasteiger partial charge in [0.25, 0.3) is 5.91 Å². The van der Waals surface area contributed by atoms with Crippen molar-refractivity contribution in [3.8, 4) is 6.07 Å². The maximum absolute atomic E-state index is 12.4. The van der Waals surface area contributed by atoms with Gasteiger partial charge in [0, 0.05) is 25.0 Å². The summed E-state index contributed by atoms with van der Waals surface area (Å²) in [4.78, 5) is 14.0. The first-order chi connectivity index (χ1) is 10.9. The maximum Gasteiger partial charge on any atom is 0.266 e. The molecule has 0 unspecified atom stereocenters. The number of ether oxygens (including phenoxy) is 1. The summed E-state index contributed by atoms with van der Waals surface area (Å²) < 4.78 is 5.23. The van der Waals surface area contributed by atoms with E-state index in [2.05, 4.69) is 26.1 Å². The summed E-state index contributed by atoms with van der Waals surface area (Å²) in [6.07, 6.45) is 1.50. The van der Waals surface area contributed by atoms with Crippen LogP contribution in [-0.2, 0) is 14.9 Å². The van der Waals surface area contributed by atoms with Crippen LogP contribution in [0.4, 0.5) is 5.69 Å². The van der Waals surface area contributed by atoms with Crippen molar-refractivity contribution in [2.75, 3.05) is 31.6 Å². The maximum atomic E-state index is 12.4. The van der Waals surface area contributed by atoms with Gasteiger partial charge >= 0.3 is 0 Å². The van der Waals surface area contributed by atoms with E-state index in [-0.39, 0.29) is 16.9 Å². The molecule has 0 aromatic heterocycles. The number of morpholine rings is 1. The highest BCUT2D eigenvalue weighted by Crippen LogP contribution is 2.29. The minimum Gasteiger partial charge on any atom is -0.378 e. The second kappa shape index (κ2) is 7.30. The van der Waals surface area contributed by atoms with E-state index in [0.717, 1.165) is 11.3 Å². The van der Waals surface area contributed by atoms with E-state index in [1.54, 1.807) is 4.90 Å². The summed E-state index contributed by atoms with van der Waals surface area (Å²) in [5, 5.41) is 12.4. The van der Waals surface area contributed by atoms with Gasteiger partial charge in [0.05, 0.1) is 13.2 Å². The van der Waals surface area contributed by atoms with Crippen molar-refractivity contribution in [3.63, 3.8) is 0 Å². The smallest absolute Gasteiger partial charge is 0.266 e. The molecule has 2 rings (SSSR count). The molecule has 1 N–H and O–H groups in total. The molecule has 0 aliphatic carbocycles. The third-order valence-electron chi connectivity index (χ3n) is 3.76. The third-order valence-corrected chi connectivity index (χ3v) is 3.76. The fraction of sp³-hybridized carbons (Fsp3) is 0.444. The van der Waals surface area contributed by atoms with Gasteiger partial charge in [-0.15, -0.1) is 0 Å². The van der Waals surface area contributed by atoms with Gasteiger partial charge in [0.2, 0.25) is 0 Å². The first kappa shape index (κ1) is 17.0. The zero-order valence-corrected chi connectivity index (χ0v) is 13.9. The first-order valence-electron chi connectivity index (χ1n) is 7.77. The molecule has 1 aliphatic rings. The number of hydrogen-bond acceptors (Lipinski definition) is 4. The first-order valence-corrected chi connectivity index (χ1v) is 7.77. The number of carbonyl (C=O) groups excluding carboxylic acids is 1. The van der Waals surface area contributed by atoms with E-state index in [0.29, 0.717) is 26.3 Å². The number of para-hydroxylation sites is 1. The van der Waals surface area contributed by atoms with Crippen LogP contribution in [-0.4, -0.2) is 37.1 Å². The molecule has 1 aliphatic heterocycles. The molecule has 0 saturated carbocycles. The van der Waals surface area contributed by atoms with Crippen LogP contribution in [0.2, 0.25) is 0 Å². The predicted molar refractivity (Wildman–Crippen MR) is 89.9 cm³/mol. The number of benzene rings is 1. The van der Waals surface area contributed by atoms with Crippen LogP contribution >= 0.6 is 0 Å². The second-order valence-electron chi connectivity index (χ2n) is 6.51. The molecule has 5 nitrogen and oxygen atoms in total. The number of hydrogen-bond donors (Lipinski definition) is 1. The Labute approximate surface area is 137 Å². The monoisotopic (exact) mass is 313 g/mol. The molecule has 0 spiro atoms. The van der Waals surface area contributed by atoms with Crippen molar-refractivity contribution >= 4 is 11.6 Å². The largest absolute Gasteiger partial charge is 0.378 e. The lowest BCUT2D eigenvalue weighted by molar-refractivity contribution is -0.130. The van der Waals surface area contributed by atoms with Crippen LogP contribution in [0.15, 0.2) is 36.0 Å². The molecule has 1 saturated heterocycles. The normalized spacial score (nSPS) is 15.9. The summed E-state index contributed by atoms with van der Waals surface area (Å²) in [5.74, 6) is -0.253. The van der Waals surface area contributed by atoms with Gasteiger partial charge in [-0.05, 0) is 17.0 Å². The Bertz CT molecular complexity index is 632. The minimum atomic E-state index is -0.253. The lowest BCUT2D eigenvalue weighted by atomic mass is 9.86. The van der Waals surface area contributed by atoms with Crippen molar-refractivity contribution in [1.82, 2.24) is 4.90 Å². The van der Waals surface area contributed by atoms with Crippen molar-refractivity contribution in [1.29, 1.82) is 5.26 Å². The van der Waals surface area contributed by atoms with Crippen LogP contribution in [0.1, 0.15) is 26.3 Å². The van der Waals surface area contributed by atoms with E-state index in [4.69, 9.17) is 4.74 Å². The van der Waals surface area contributed by atoms with Crippen LogP contribution in [0.5, 0.6) is 0 Å². The Morgan fingerprint density at radius 3 is 2.57 bits per heavy atom. The predicted octanol–water partition coefficient (Wildman–Crippen LogP) is 2.66. The summed E-state index contributed by atoms with van der Waals surface area (Å²) in [5.41, 5.74) is 2.11. The van der Waals surface area contributed by atoms with Gasteiger partial charge in [-0.25, -0.2) is 0 Å². The Balaban J connectivity index is 2.17. The average molecular weight is 313 g/mol. The van der Waals surface area contributed by atoms with Gasteiger partial charge in [0.15, 0.2) is 0 Å².